The number of carbonyl (C=O) groups excluding carboxylic acids is 2. The van der Waals surface area contributed by atoms with Crippen LogP contribution >= 0.6 is 0 Å². The number of carbonyl (C=O) groups is 2. The zero-order valence-corrected chi connectivity index (χ0v) is 14.2. The molecule has 1 aromatic carbocycles. The molecule has 0 aliphatic carbocycles. The molecule has 1 aliphatic rings. The Hall–Kier alpha value is -2.43. The number of nitrogens with zero attached hydrogens (tertiary/aromatic N) is 3. The highest BCUT2D eigenvalue weighted by molar-refractivity contribution is 5.97. The van der Waals surface area contributed by atoms with Gasteiger partial charge in [0.25, 0.3) is 0 Å². The molecule has 5 heteroatoms. The average Bonchev–Trinajstić information content (AvgIpc) is 3.19. The summed E-state index contributed by atoms with van der Waals surface area (Å²) < 4.78 is 2.03. The van der Waals surface area contributed by atoms with Gasteiger partial charge in [-0.2, -0.15) is 5.10 Å². The lowest BCUT2D eigenvalue weighted by atomic mass is 10.1. The predicted octanol–water partition coefficient (Wildman–Crippen LogP) is 2.94. The molecule has 0 radical (unpaired) electrons. The van der Waals surface area contributed by atoms with Crippen LogP contribution in [0.3, 0.4) is 0 Å². The molecular weight excluding hydrogens is 302 g/mol. The largest absolute Gasteiger partial charge is 0.340 e. The third-order valence-electron chi connectivity index (χ3n) is 4.57. The number of amides is 1. The highest BCUT2D eigenvalue weighted by Gasteiger charge is 2.28. The molecule has 0 spiro atoms. The Labute approximate surface area is 142 Å². The number of aromatic nitrogens is 2. The van der Waals surface area contributed by atoms with Crippen molar-refractivity contribution in [2.24, 2.45) is 0 Å². The minimum atomic E-state index is 0.0262. The predicted molar refractivity (Wildman–Crippen MR) is 91.9 cm³/mol. The van der Waals surface area contributed by atoms with Gasteiger partial charge in [-0.3, -0.25) is 14.3 Å². The van der Waals surface area contributed by atoms with Crippen molar-refractivity contribution in [3.05, 3.63) is 53.3 Å². The topological polar surface area (TPSA) is 55.2 Å². The molecule has 3 rings (SSSR count). The summed E-state index contributed by atoms with van der Waals surface area (Å²) in [6, 6.07) is 11.5. The summed E-state index contributed by atoms with van der Waals surface area (Å²) in [7, 11) is 0. The van der Waals surface area contributed by atoms with E-state index in [4.69, 9.17) is 0 Å². The van der Waals surface area contributed by atoms with E-state index in [9.17, 15) is 9.59 Å². The molecule has 2 heterocycles. The van der Waals surface area contributed by atoms with E-state index in [0.717, 1.165) is 24.4 Å². The molecule has 0 saturated carbocycles. The van der Waals surface area contributed by atoms with Crippen LogP contribution in [0.4, 0.5) is 0 Å². The van der Waals surface area contributed by atoms with Crippen LogP contribution in [0, 0.1) is 13.8 Å². The van der Waals surface area contributed by atoms with Crippen molar-refractivity contribution in [2.45, 2.75) is 39.2 Å². The molecule has 0 unspecified atom stereocenters. The van der Waals surface area contributed by atoms with Crippen LogP contribution < -0.4 is 0 Å². The summed E-state index contributed by atoms with van der Waals surface area (Å²) in [5, 5.41) is 4.52. The lowest BCUT2D eigenvalue weighted by molar-refractivity contribution is -0.130. The smallest absolute Gasteiger partial charge is 0.223 e. The molecule has 1 amide bonds. The molecule has 1 atom stereocenters. The van der Waals surface area contributed by atoms with Crippen LogP contribution in [0.25, 0.3) is 0 Å². The standard InChI is InChI=1S/C19H23N3O2/c1-14-12-15(2)22(20-14)17-10-11-21(13-17)19(24)9-8-18(23)16-6-4-3-5-7-16/h3-7,12,17H,8-11,13H2,1-2H3/t17-/m0/s1. The maximum Gasteiger partial charge on any atom is 0.223 e. The van der Waals surface area contributed by atoms with Crippen LogP contribution in [0.15, 0.2) is 36.4 Å². The number of rotatable bonds is 5. The highest BCUT2D eigenvalue weighted by atomic mass is 16.2. The number of hydrogen-bond donors (Lipinski definition) is 0. The van der Waals surface area contributed by atoms with Gasteiger partial charge in [0.15, 0.2) is 5.78 Å². The van der Waals surface area contributed by atoms with Crippen LogP contribution in [0.5, 0.6) is 0 Å². The lowest BCUT2D eigenvalue weighted by Crippen LogP contribution is -2.29. The van der Waals surface area contributed by atoms with E-state index in [1.807, 2.05) is 41.6 Å². The number of benzene rings is 1. The molecule has 5 nitrogen and oxygen atoms in total. The highest BCUT2D eigenvalue weighted by Crippen LogP contribution is 2.23. The summed E-state index contributed by atoms with van der Waals surface area (Å²) >= 11 is 0. The Bertz CT molecular complexity index is 736. The molecule has 1 fully saturated rings. The van der Waals surface area contributed by atoms with Gasteiger partial charge in [0, 0.05) is 37.2 Å². The van der Waals surface area contributed by atoms with E-state index in [2.05, 4.69) is 11.2 Å². The second kappa shape index (κ2) is 6.99. The number of hydrogen-bond acceptors (Lipinski definition) is 3. The molecule has 2 aromatic rings. The van der Waals surface area contributed by atoms with Crippen molar-refractivity contribution in [3.63, 3.8) is 0 Å². The number of likely N-dealkylation sites (tertiary alicyclic amines) is 1. The van der Waals surface area contributed by atoms with Gasteiger partial charge < -0.3 is 4.90 Å². The normalized spacial score (nSPS) is 17.2. The summed E-state index contributed by atoms with van der Waals surface area (Å²) in [6.07, 6.45) is 1.46. The quantitative estimate of drug-likeness (QED) is 0.794. The summed E-state index contributed by atoms with van der Waals surface area (Å²) in [5.74, 6) is 0.0848. The van der Waals surface area contributed by atoms with Gasteiger partial charge in [0.05, 0.1) is 11.7 Å². The van der Waals surface area contributed by atoms with Crippen molar-refractivity contribution in [1.29, 1.82) is 0 Å². The van der Waals surface area contributed by atoms with E-state index < -0.39 is 0 Å². The fraction of sp³-hybridized carbons (Fsp3) is 0.421. The van der Waals surface area contributed by atoms with Crippen molar-refractivity contribution >= 4 is 11.7 Å². The van der Waals surface area contributed by atoms with E-state index in [-0.39, 0.29) is 30.6 Å². The Morgan fingerprint density at radius 3 is 2.58 bits per heavy atom. The molecule has 24 heavy (non-hydrogen) atoms. The Morgan fingerprint density at radius 1 is 1.17 bits per heavy atom. The number of Topliss-reactive ketones (excluding diaryl/α,β-unsaturated/α-hetero) is 1. The molecule has 1 aromatic heterocycles. The fourth-order valence-electron chi connectivity index (χ4n) is 3.33. The van der Waals surface area contributed by atoms with Crippen molar-refractivity contribution in [1.82, 2.24) is 14.7 Å². The third-order valence-corrected chi connectivity index (χ3v) is 4.57. The fourth-order valence-corrected chi connectivity index (χ4v) is 3.33. The van der Waals surface area contributed by atoms with Crippen molar-refractivity contribution < 1.29 is 9.59 Å². The first kappa shape index (κ1) is 16.4. The van der Waals surface area contributed by atoms with Gasteiger partial charge in [-0.1, -0.05) is 30.3 Å². The Morgan fingerprint density at radius 2 is 1.92 bits per heavy atom. The zero-order chi connectivity index (χ0) is 17.1. The van der Waals surface area contributed by atoms with Crippen LogP contribution in [0.1, 0.15) is 47.1 Å². The minimum Gasteiger partial charge on any atom is -0.340 e. The molecule has 0 bridgehead atoms. The monoisotopic (exact) mass is 325 g/mol. The maximum absolute atomic E-state index is 12.4. The average molecular weight is 325 g/mol. The SMILES string of the molecule is Cc1cc(C)n([C@H]2CCN(C(=O)CCC(=O)c3ccccc3)C2)n1. The molecule has 1 aliphatic heterocycles. The molecule has 126 valence electrons. The van der Waals surface area contributed by atoms with Gasteiger partial charge in [-0.25, -0.2) is 0 Å². The van der Waals surface area contributed by atoms with E-state index in [0.29, 0.717) is 12.1 Å². The summed E-state index contributed by atoms with van der Waals surface area (Å²) in [6.45, 7) is 5.45. The van der Waals surface area contributed by atoms with Crippen molar-refractivity contribution in [3.8, 4) is 0 Å². The van der Waals surface area contributed by atoms with Gasteiger partial charge in [-0.15, -0.1) is 0 Å². The van der Waals surface area contributed by atoms with Crippen molar-refractivity contribution in [2.75, 3.05) is 13.1 Å². The zero-order valence-electron chi connectivity index (χ0n) is 14.2. The molecule has 0 N–H and O–H groups in total. The Kier molecular flexibility index (Phi) is 4.79. The van der Waals surface area contributed by atoms with Gasteiger partial charge in [0.2, 0.25) is 5.91 Å². The van der Waals surface area contributed by atoms with Crippen LogP contribution in [-0.4, -0.2) is 39.5 Å². The first-order chi connectivity index (χ1) is 11.5. The number of ketones is 1. The Balaban J connectivity index is 1.53. The van der Waals surface area contributed by atoms with Crippen LogP contribution in [-0.2, 0) is 4.79 Å². The third kappa shape index (κ3) is 3.55. The minimum absolute atomic E-state index is 0.0262. The molecular formula is C19H23N3O2. The summed E-state index contributed by atoms with van der Waals surface area (Å²) in [5.41, 5.74) is 2.81. The second-order valence-corrected chi connectivity index (χ2v) is 6.44. The van der Waals surface area contributed by atoms with Crippen LogP contribution in [0.2, 0.25) is 0 Å². The second-order valence-electron chi connectivity index (χ2n) is 6.44. The van der Waals surface area contributed by atoms with E-state index in [1.165, 1.54) is 0 Å². The first-order valence-electron chi connectivity index (χ1n) is 8.43. The van der Waals surface area contributed by atoms with Gasteiger partial charge in [0.1, 0.15) is 0 Å². The number of aryl methyl sites for hydroxylation is 2. The molecule has 1 saturated heterocycles. The van der Waals surface area contributed by atoms with E-state index in [1.54, 1.807) is 12.1 Å². The van der Waals surface area contributed by atoms with E-state index >= 15 is 0 Å². The van der Waals surface area contributed by atoms with Gasteiger partial charge in [-0.05, 0) is 26.3 Å². The van der Waals surface area contributed by atoms with Gasteiger partial charge >= 0.3 is 0 Å². The summed E-state index contributed by atoms with van der Waals surface area (Å²) in [4.78, 5) is 26.4. The maximum atomic E-state index is 12.4. The lowest BCUT2D eigenvalue weighted by Gasteiger charge is -2.17. The first-order valence-corrected chi connectivity index (χ1v) is 8.43.